The van der Waals surface area contributed by atoms with Crippen LogP contribution in [0.5, 0.6) is 0 Å². The van der Waals surface area contributed by atoms with Gasteiger partial charge in [0.1, 0.15) is 0 Å². The van der Waals surface area contributed by atoms with Crippen molar-refractivity contribution in [1.29, 1.82) is 0 Å². The molecule has 1 fully saturated rings. The maximum atomic E-state index is 12.6. The maximum absolute atomic E-state index is 12.6. The van der Waals surface area contributed by atoms with Crippen molar-refractivity contribution in [2.24, 2.45) is 11.8 Å². The van der Waals surface area contributed by atoms with Crippen LogP contribution in [0.1, 0.15) is 55.3 Å². The lowest BCUT2D eigenvalue weighted by atomic mass is 9.74. The number of rotatable bonds is 4. The molecule has 1 N–H and O–H groups in total. The van der Waals surface area contributed by atoms with Crippen LogP contribution in [0.4, 0.5) is 5.69 Å². The van der Waals surface area contributed by atoms with Crippen LogP contribution in [-0.4, -0.2) is 10.9 Å². The van der Waals surface area contributed by atoms with E-state index in [4.69, 9.17) is 0 Å². The van der Waals surface area contributed by atoms with Gasteiger partial charge in [-0.15, -0.1) is 0 Å². The summed E-state index contributed by atoms with van der Waals surface area (Å²) in [7, 11) is 0. The molecule has 1 aliphatic rings. The minimum absolute atomic E-state index is 0.0569. The van der Waals surface area contributed by atoms with Crippen LogP contribution in [0.25, 0.3) is 0 Å². The first-order valence-corrected chi connectivity index (χ1v) is 9.33. The molecule has 25 heavy (non-hydrogen) atoms. The molecule has 0 saturated heterocycles. The van der Waals surface area contributed by atoms with Gasteiger partial charge in [0, 0.05) is 23.5 Å². The molecule has 1 heterocycles. The van der Waals surface area contributed by atoms with E-state index in [0.717, 1.165) is 37.1 Å². The zero-order chi connectivity index (χ0) is 17.8. The van der Waals surface area contributed by atoms with E-state index in [0.29, 0.717) is 11.8 Å². The molecule has 1 aliphatic carbocycles. The monoisotopic (exact) mass is 336 g/mol. The van der Waals surface area contributed by atoms with Crippen molar-refractivity contribution in [3.05, 3.63) is 59.4 Å². The van der Waals surface area contributed by atoms with Crippen molar-refractivity contribution in [3.8, 4) is 0 Å². The van der Waals surface area contributed by atoms with E-state index in [1.807, 2.05) is 37.4 Å². The summed E-state index contributed by atoms with van der Waals surface area (Å²) in [5.41, 5.74) is 4.59. The smallest absolute Gasteiger partial charge is 0.227 e. The number of pyridine rings is 1. The Balaban J connectivity index is 1.54. The number of aromatic nitrogens is 1. The molecule has 1 aromatic carbocycles. The summed E-state index contributed by atoms with van der Waals surface area (Å²) in [6, 6.07) is 12.4. The standard InChI is InChI=1S/C22H28N2O/c1-15-4-10-21(11-5-15)24-22(25)17(3)18-6-8-19(9-7-18)20-12-13-23-16(2)14-20/h4-5,10-14,17-19H,6-9H2,1-3H3,(H,24,25)/t17-,18?,19?/m1/s1. The van der Waals surface area contributed by atoms with Gasteiger partial charge in [0.2, 0.25) is 5.91 Å². The largest absolute Gasteiger partial charge is 0.326 e. The number of hydrogen-bond acceptors (Lipinski definition) is 2. The average Bonchev–Trinajstić information content (AvgIpc) is 2.63. The molecule has 1 aromatic heterocycles. The SMILES string of the molecule is Cc1ccc(NC(=O)[C@H](C)C2CCC(c3ccnc(C)c3)CC2)cc1. The van der Waals surface area contributed by atoms with Crippen molar-refractivity contribution in [2.75, 3.05) is 5.32 Å². The molecule has 0 aliphatic heterocycles. The Morgan fingerprint density at radius 3 is 2.40 bits per heavy atom. The highest BCUT2D eigenvalue weighted by atomic mass is 16.1. The lowest BCUT2D eigenvalue weighted by Gasteiger charge is -2.32. The summed E-state index contributed by atoms with van der Waals surface area (Å²) in [4.78, 5) is 16.9. The second kappa shape index (κ2) is 7.81. The van der Waals surface area contributed by atoms with Gasteiger partial charge in [-0.25, -0.2) is 0 Å². The number of carbonyl (C=O) groups is 1. The highest BCUT2D eigenvalue weighted by Gasteiger charge is 2.29. The maximum Gasteiger partial charge on any atom is 0.227 e. The third-order valence-corrected chi connectivity index (χ3v) is 5.60. The van der Waals surface area contributed by atoms with Crippen LogP contribution in [0.3, 0.4) is 0 Å². The minimum Gasteiger partial charge on any atom is -0.326 e. The molecular weight excluding hydrogens is 308 g/mol. The summed E-state index contributed by atoms with van der Waals surface area (Å²) in [6.45, 7) is 6.18. The molecular formula is C22H28N2O. The highest BCUT2D eigenvalue weighted by Crippen LogP contribution is 2.39. The van der Waals surface area contributed by atoms with Crippen molar-refractivity contribution in [2.45, 2.75) is 52.4 Å². The summed E-state index contributed by atoms with van der Waals surface area (Å²) in [5, 5.41) is 3.07. The Morgan fingerprint density at radius 1 is 1.08 bits per heavy atom. The van der Waals surface area contributed by atoms with Gasteiger partial charge in [-0.2, -0.15) is 0 Å². The lowest BCUT2D eigenvalue weighted by Crippen LogP contribution is -2.29. The molecule has 1 saturated carbocycles. The number of carbonyl (C=O) groups excluding carboxylic acids is 1. The van der Waals surface area contributed by atoms with Crippen molar-refractivity contribution in [1.82, 2.24) is 4.98 Å². The zero-order valence-corrected chi connectivity index (χ0v) is 15.5. The topological polar surface area (TPSA) is 42.0 Å². The summed E-state index contributed by atoms with van der Waals surface area (Å²) >= 11 is 0. The van der Waals surface area contributed by atoms with Crippen LogP contribution in [0.2, 0.25) is 0 Å². The van der Waals surface area contributed by atoms with Crippen molar-refractivity contribution >= 4 is 11.6 Å². The molecule has 3 heteroatoms. The van der Waals surface area contributed by atoms with Crippen LogP contribution >= 0.6 is 0 Å². The summed E-state index contributed by atoms with van der Waals surface area (Å²) in [6.07, 6.45) is 6.48. The Morgan fingerprint density at radius 2 is 1.76 bits per heavy atom. The van der Waals surface area contributed by atoms with E-state index >= 15 is 0 Å². The lowest BCUT2D eigenvalue weighted by molar-refractivity contribution is -0.121. The molecule has 0 unspecified atom stereocenters. The Labute approximate surface area is 150 Å². The van der Waals surface area contributed by atoms with Gasteiger partial charge in [-0.3, -0.25) is 9.78 Å². The fourth-order valence-electron chi connectivity index (χ4n) is 3.88. The third kappa shape index (κ3) is 4.47. The summed E-state index contributed by atoms with van der Waals surface area (Å²) in [5.74, 6) is 1.29. The van der Waals surface area contributed by atoms with Gasteiger partial charge >= 0.3 is 0 Å². The number of nitrogens with one attached hydrogen (secondary N) is 1. The average molecular weight is 336 g/mol. The molecule has 3 rings (SSSR count). The van der Waals surface area contributed by atoms with Crippen LogP contribution in [-0.2, 0) is 4.79 Å². The first-order valence-electron chi connectivity index (χ1n) is 9.33. The molecule has 1 atom stereocenters. The van der Waals surface area contributed by atoms with E-state index in [2.05, 4.69) is 36.3 Å². The van der Waals surface area contributed by atoms with E-state index in [-0.39, 0.29) is 11.8 Å². The molecule has 0 spiro atoms. The van der Waals surface area contributed by atoms with Crippen LogP contribution in [0.15, 0.2) is 42.6 Å². The van der Waals surface area contributed by atoms with Gasteiger partial charge in [0.05, 0.1) is 0 Å². The van der Waals surface area contributed by atoms with Crippen LogP contribution < -0.4 is 5.32 Å². The zero-order valence-electron chi connectivity index (χ0n) is 15.5. The predicted octanol–water partition coefficient (Wildman–Crippen LogP) is 5.25. The highest BCUT2D eigenvalue weighted by molar-refractivity contribution is 5.92. The quantitative estimate of drug-likeness (QED) is 0.829. The van der Waals surface area contributed by atoms with E-state index < -0.39 is 0 Å². The van der Waals surface area contributed by atoms with Gasteiger partial charge in [-0.05, 0) is 81.2 Å². The number of anilines is 1. The van der Waals surface area contributed by atoms with Gasteiger partial charge in [0.15, 0.2) is 0 Å². The summed E-state index contributed by atoms with van der Waals surface area (Å²) < 4.78 is 0. The first kappa shape index (κ1) is 17.7. The predicted molar refractivity (Wildman–Crippen MR) is 103 cm³/mol. The Bertz CT molecular complexity index is 715. The van der Waals surface area contributed by atoms with E-state index in [1.54, 1.807) is 0 Å². The number of nitrogens with zero attached hydrogens (tertiary/aromatic N) is 1. The Hall–Kier alpha value is -2.16. The third-order valence-electron chi connectivity index (χ3n) is 5.60. The van der Waals surface area contributed by atoms with Gasteiger partial charge in [-0.1, -0.05) is 24.6 Å². The van der Waals surface area contributed by atoms with Crippen molar-refractivity contribution in [3.63, 3.8) is 0 Å². The van der Waals surface area contributed by atoms with E-state index in [9.17, 15) is 4.79 Å². The fourth-order valence-corrected chi connectivity index (χ4v) is 3.88. The van der Waals surface area contributed by atoms with Crippen LogP contribution in [0, 0.1) is 25.7 Å². The minimum atomic E-state index is 0.0569. The number of benzene rings is 1. The molecule has 0 bridgehead atoms. The second-order valence-electron chi connectivity index (χ2n) is 7.49. The molecule has 3 nitrogen and oxygen atoms in total. The molecule has 2 aromatic rings. The molecule has 0 radical (unpaired) electrons. The normalized spacial score (nSPS) is 21.6. The molecule has 1 amide bonds. The van der Waals surface area contributed by atoms with Gasteiger partial charge < -0.3 is 5.32 Å². The molecule has 132 valence electrons. The van der Waals surface area contributed by atoms with E-state index in [1.165, 1.54) is 11.1 Å². The van der Waals surface area contributed by atoms with Gasteiger partial charge in [0.25, 0.3) is 0 Å². The Kier molecular flexibility index (Phi) is 5.52. The first-order chi connectivity index (χ1) is 12.0. The number of hydrogen-bond donors (Lipinski definition) is 1. The number of amides is 1. The second-order valence-corrected chi connectivity index (χ2v) is 7.49. The number of aryl methyl sites for hydroxylation is 2. The van der Waals surface area contributed by atoms with Crippen molar-refractivity contribution < 1.29 is 4.79 Å². The fraction of sp³-hybridized carbons (Fsp3) is 0.455.